The molecule has 2 aromatic heterocycles. The molecule has 6 heteroatoms. The van der Waals surface area contributed by atoms with Crippen molar-refractivity contribution in [2.24, 2.45) is 0 Å². The van der Waals surface area contributed by atoms with Crippen molar-refractivity contribution in [2.75, 3.05) is 24.0 Å². The Balaban J connectivity index is 2.53. The van der Waals surface area contributed by atoms with E-state index in [0.717, 1.165) is 5.75 Å². The molecule has 0 spiro atoms. The molecule has 2 rings (SSSR count). The van der Waals surface area contributed by atoms with Crippen LogP contribution in [0.5, 0.6) is 0 Å². The monoisotopic (exact) mass is 279 g/mol. The molecule has 1 unspecified atom stereocenters. The zero-order chi connectivity index (χ0) is 14.0. The van der Waals surface area contributed by atoms with E-state index in [0.29, 0.717) is 11.5 Å². The number of carbonyl (C=O) groups is 1. The van der Waals surface area contributed by atoms with E-state index in [1.807, 2.05) is 30.3 Å². The summed E-state index contributed by atoms with van der Waals surface area (Å²) in [7, 11) is 1.88. The van der Waals surface area contributed by atoms with Crippen molar-refractivity contribution >= 4 is 29.2 Å². The molecule has 0 amide bonds. The summed E-state index contributed by atoms with van der Waals surface area (Å²) in [5.41, 5.74) is 0.865. The van der Waals surface area contributed by atoms with E-state index in [9.17, 15) is 9.90 Å². The molecule has 1 atom stereocenters. The smallest absolute Gasteiger partial charge is 0.356 e. The standard InChI is InChI=1S/C13H17N3O2S/c1-9(8-19-3)15(2)12-11(13(17)18)16-7-5-4-6-10(16)14-12/h4-7,9H,8H2,1-3H3,(H,17,18). The van der Waals surface area contributed by atoms with Gasteiger partial charge in [0.15, 0.2) is 11.5 Å². The Kier molecular flexibility index (Phi) is 3.99. The lowest BCUT2D eigenvalue weighted by atomic mass is 10.3. The Labute approximate surface area is 116 Å². The lowest BCUT2D eigenvalue weighted by Crippen LogP contribution is -2.32. The van der Waals surface area contributed by atoms with Crippen LogP contribution in [0.2, 0.25) is 0 Å². The number of fused-ring (bicyclic) bond motifs is 1. The van der Waals surface area contributed by atoms with E-state index in [4.69, 9.17) is 0 Å². The fourth-order valence-electron chi connectivity index (χ4n) is 1.99. The lowest BCUT2D eigenvalue weighted by molar-refractivity contribution is 0.0690. The average molecular weight is 279 g/mol. The van der Waals surface area contributed by atoms with E-state index in [2.05, 4.69) is 11.9 Å². The van der Waals surface area contributed by atoms with Crippen molar-refractivity contribution < 1.29 is 9.90 Å². The first-order valence-corrected chi connectivity index (χ1v) is 7.37. The molecular formula is C13H17N3O2S. The van der Waals surface area contributed by atoms with E-state index < -0.39 is 5.97 Å². The van der Waals surface area contributed by atoms with Crippen LogP contribution < -0.4 is 4.90 Å². The quantitative estimate of drug-likeness (QED) is 0.909. The Morgan fingerprint density at radius 2 is 2.32 bits per heavy atom. The summed E-state index contributed by atoms with van der Waals surface area (Å²) >= 11 is 1.73. The molecule has 0 aliphatic heterocycles. The van der Waals surface area contributed by atoms with Gasteiger partial charge in [0.2, 0.25) is 0 Å². The number of thioether (sulfide) groups is 1. The summed E-state index contributed by atoms with van der Waals surface area (Å²) in [6.07, 6.45) is 3.76. The highest BCUT2D eigenvalue weighted by molar-refractivity contribution is 7.98. The normalized spacial score (nSPS) is 12.6. The minimum Gasteiger partial charge on any atom is -0.476 e. The first kappa shape index (κ1) is 13.7. The molecule has 1 N–H and O–H groups in total. The molecule has 0 fully saturated rings. The number of nitrogens with zero attached hydrogens (tertiary/aromatic N) is 3. The topological polar surface area (TPSA) is 57.8 Å². The minimum atomic E-state index is -0.961. The number of pyridine rings is 1. The molecule has 0 aliphatic carbocycles. The fourth-order valence-corrected chi connectivity index (χ4v) is 2.70. The summed E-state index contributed by atoms with van der Waals surface area (Å²) in [6.45, 7) is 2.06. The summed E-state index contributed by atoms with van der Waals surface area (Å²) in [5.74, 6) is 0.473. The fraction of sp³-hybridized carbons (Fsp3) is 0.385. The van der Waals surface area contributed by atoms with Gasteiger partial charge < -0.3 is 10.0 Å². The van der Waals surface area contributed by atoms with Gasteiger partial charge in [0, 0.05) is 25.0 Å². The summed E-state index contributed by atoms with van der Waals surface area (Å²) < 4.78 is 1.61. The molecule has 2 heterocycles. The van der Waals surface area contributed by atoms with Crippen LogP contribution in [0.4, 0.5) is 5.82 Å². The zero-order valence-electron chi connectivity index (χ0n) is 11.2. The molecule has 102 valence electrons. The number of hydrogen-bond acceptors (Lipinski definition) is 4. The number of carboxylic acid groups (broad SMARTS) is 1. The second kappa shape index (κ2) is 5.52. The predicted octanol–water partition coefficient (Wildman–Crippen LogP) is 2.22. The van der Waals surface area contributed by atoms with Crippen LogP contribution in [-0.4, -0.2) is 45.6 Å². The molecule has 0 bridgehead atoms. The number of aromatic carboxylic acids is 1. The highest BCUT2D eigenvalue weighted by Gasteiger charge is 2.23. The van der Waals surface area contributed by atoms with Crippen LogP contribution >= 0.6 is 11.8 Å². The second-order valence-electron chi connectivity index (χ2n) is 4.43. The maximum atomic E-state index is 11.5. The van der Waals surface area contributed by atoms with Gasteiger partial charge in [-0.15, -0.1) is 0 Å². The summed E-state index contributed by atoms with van der Waals surface area (Å²) in [5, 5.41) is 9.42. The van der Waals surface area contributed by atoms with Crippen LogP contribution in [-0.2, 0) is 0 Å². The van der Waals surface area contributed by atoms with Crippen molar-refractivity contribution in [2.45, 2.75) is 13.0 Å². The summed E-state index contributed by atoms with van der Waals surface area (Å²) in [6, 6.07) is 5.68. The number of hydrogen-bond donors (Lipinski definition) is 1. The highest BCUT2D eigenvalue weighted by Crippen LogP contribution is 2.23. The molecule has 0 radical (unpaired) electrons. The summed E-state index contributed by atoms with van der Waals surface area (Å²) in [4.78, 5) is 17.8. The minimum absolute atomic E-state index is 0.214. The van der Waals surface area contributed by atoms with E-state index in [1.165, 1.54) is 0 Å². The van der Waals surface area contributed by atoms with Crippen molar-refractivity contribution in [3.63, 3.8) is 0 Å². The number of rotatable bonds is 5. The second-order valence-corrected chi connectivity index (χ2v) is 5.34. The van der Waals surface area contributed by atoms with Crippen molar-refractivity contribution in [3.05, 3.63) is 30.1 Å². The lowest BCUT2D eigenvalue weighted by Gasteiger charge is -2.24. The first-order chi connectivity index (χ1) is 9.06. The zero-order valence-corrected chi connectivity index (χ0v) is 12.0. The average Bonchev–Trinajstić information content (AvgIpc) is 2.77. The molecular weight excluding hydrogens is 262 g/mol. The third-order valence-corrected chi connectivity index (χ3v) is 3.93. The Bertz CT molecular complexity index is 597. The third kappa shape index (κ3) is 2.53. The molecule has 0 saturated carbocycles. The maximum Gasteiger partial charge on any atom is 0.356 e. The number of imidazole rings is 1. The maximum absolute atomic E-state index is 11.5. The van der Waals surface area contributed by atoms with Crippen LogP contribution in [0.3, 0.4) is 0 Å². The van der Waals surface area contributed by atoms with Crippen molar-refractivity contribution in [1.82, 2.24) is 9.38 Å². The van der Waals surface area contributed by atoms with Gasteiger partial charge in [-0.2, -0.15) is 11.8 Å². The third-order valence-electron chi connectivity index (χ3n) is 3.12. The van der Waals surface area contributed by atoms with Crippen molar-refractivity contribution in [3.8, 4) is 0 Å². The molecule has 5 nitrogen and oxygen atoms in total. The Morgan fingerprint density at radius 3 is 2.95 bits per heavy atom. The van der Waals surface area contributed by atoms with Crippen molar-refractivity contribution in [1.29, 1.82) is 0 Å². The van der Waals surface area contributed by atoms with Gasteiger partial charge in [0.25, 0.3) is 0 Å². The predicted molar refractivity (Wildman–Crippen MR) is 78.4 cm³/mol. The van der Waals surface area contributed by atoms with E-state index >= 15 is 0 Å². The SMILES string of the molecule is CSCC(C)N(C)c1nc2ccccn2c1C(=O)O. The number of carboxylic acids is 1. The van der Waals surface area contributed by atoms with E-state index in [1.54, 1.807) is 28.4 Å². The van der Waals surface area contributed by atoms with Crippen LogP contribution in [0.25, 0.3) is 5.65 Å². The molecule has 2 aromatic rings. The molecule has 0 aliphatic rings. The first-order valence-electron chi connectivity index (χ1n) is 5.98. The van der Waals surface area contributed by atoms with Crippen LogP contribution in [0.15, 0.2) is 24.4 Å². The molecule has 19 heavy (non-hydrogen) atoms. The van der Waals surface area contributed by atoms with Gasteiger partial charge in [0.05, 0.1) is 0 Å². The highest BCUT2D eigenvalue weighted by atomic mass is 32.2. The van der Waals surface area contributed by atoms with Crippen LogP contribution in [0, 0.1) is 0 Å². The van der Waals surface area contributed by atoms with Crippen LogP contribution in [0.1, 0.15) is 17.4 Å². The Morgan fingerprint density at radius 1 is 1.58 bits per heavy atom. The number of anilines is 1. The van der Waals surface area contributed by atoms with Gasteiger partial charge in [0.1, 0.15) is 5.65 Å². The van der Waals surface area contributed by atoms with Gasteiger partial charge in [-0.1, -0.05) is 6.07 Å². The molecule has 0 aromatic carbocycles. The Hall–Kier alpha value is -1.69. The van der Waals surface area contributed by atoms with E-state index in [-0.39, 0.29) is 11.7 Å². The van der Waals surface area contributed by atoms with Gasteiger partial charge in [-0.05, 0) is 25.3 Å². The van der Waals surface area contributed by atoms with Gasteiger partial charge in [-0.25, -0.2) is 9.78 Å². The number of aromatic nitrogens is 2. The van der Waals surface area contributed by atoms with Gasteiger partial charge in [-0.3, -0.25) is 4.40 Å². The largest absolute Gasteiger partial charge is 0.476 e. The molecule has 0 saturated heterocycles. The van der Waals surface area contributed by atoms with Gasteiger partial charge >= 0.3 is 5.97 Å².